The molecule has 0 bridgehead atoms. The van der Waals surface area contributed by atoms with Gasteiger partial charge in [-0.3, -0.25) is 14.6 Å². The van der Waals surface area contributed by atoms with Crippen molar-refractivity contribution in [3.63, 3.8) is 0 Å². The van der Waals surface area contributed by atoms with Gasteiger partial charge in [-0.15, -0.1) is 0 Å². The van der Waals surface area contributed by atoms with E-state index in [1.54, 1.807) is 9.80 Å². The number of carbonyl (C=O) groups is 2. The minimum absolute atomic E-state index is 0.0127. The zero-order chi connectivity index (χ0) is 23.0. The van der Waals surface area contributed by atoms with E-state index in [4.69, 9.17) is 21.1 Å². The monoisotopic (exact) mass is 477 g/mol. The number of hydrogen-bond donors (Lipinski definition) is 1. The lowest BCUT2D eigenvalue weighted by atomic mass is 9.88. The molecule has 4 aliphatic rings. The minimum atomic E-state index is -0.532. The maximum Gasteiger partial charge on any atom is 0.328 e. The number of amides is 3. The first-order valence-corrected chi connectivity index (χ1v) is 12.3. The summed E-state index contributed by atoms with van der Waals surface area (Å²) in [4.78, 5) is 34.5. The fourth-order valence-corrected chi connectivity index (χ4v) is 6.39. The molecule has 0 spiro atoms. The molecule has 1 N–H and O–H groups in total. The van der Waals surface area contributed by atoms with Crippen molar-refractivity contribution in [2.75, 3.05) is 6.79 Å². The van der Waals surface area contributed by atoms with Crippen molar-refractivity contribution in [2.24, 2.45) is 0 Å². The Hall–Kier alpha value is -3.19. The highest BCUT2D eigenvalue weighted by Crippen LogP contribution is 2.47. The molecule has 1 saturated heterocycles. The number of rotatable bonds is 2. The molecule has 3 aliphatic heterocycles. The van der Waals surface area contributed by atoms with E-state index in [9.17, 15) is 9.59 Å². The molecule has 1 aliphatic carbocycles. The van der Waals surface area contributed by atoms with Crippen molar-refractivity contribution in [1.29, 1.82) is 0 Å². The smallest absolute Gasteiger partial charge is 0.328 e. The van der Waals surface area contributed by atoms with E-state index in [2.05, 4.69) is 4.98 Å². The standard InChI is InChI=1S/C26H24ClN3O4/c27-15-7-8-19-17(11-15)18-12-20-25(31)29(16-4-2-1-3-5-16)26(32)30(20)24(23(18)28-19)14-6-9-21-22(10-14)34-13-33-21/h6-11,16,20,24,28H,1-5,12-13H2. The normalized spacial score (nSPS) is 24.1. The van der Waals surface area contributed by atoms with E-state index in [0.717, 1.165) is 59.8 Å². The van der Waals surface area contributed by atoms with Gasteiger partial charge in [-0.2, -0.15) is 0 Å². The second kappa shape index (κ2) is 7.40. The Kier molecular flexibility index (Phi) is 4.40. The molecule has 2 fully saturated rings. The number of aromatic nitrogens is 1. The first-order valence-electron chi connectivity index (χ1n) is 11.9. The van der Waals surface area contributed by atoms with Gasteiger partial charge in [0, 0.05) is 34.1 Å². The fourth-order valence-electron chi connectivity index (χ4n) is 6.22. The molecule has 4 heterocycles. The Morgan fingerprint density at radius 2 is 1.79 bits per heavy atom. The van der Waals surface area contributed by atoms with Crippen LogP contribution < -0.4 is 9.47 Å². The number of H-pyrrole nitrogens is 1. The number of aromatic amines is 1. The zero-order valence-corrected chi connectivity index (χ0v) is 19.3. The molecule has 7 rings (SSSR count). The highest BCUT2D eigenvalue weighted by molar-refractivity contribution is 6.31. The van der Waals surface area contributed by atoms with Crippen LogP contribution in [0, 0.1) is 0 Å². The summed E-state index contributed by atoms with van der Waals surface area (Å²) in [6.45, 7) is 0.179. The van der Waals surface area contributed by atoms with Crippen LogP contribution in [0.3, 0.4) is 0 Å². The van der Waals surface area contributed by atoms with Gasteiger partial charge in [-0.25, -0.2) is 4.79 Å². The predicted molar refractivity (Wildman–Crippen MR) is 126 cm³/mol. The van der Waals surface area contributed by atoms with Crippen LogP contribution in [0.4, 0.5) is 4.79 Å². The number of urea groups is 1. The maximum atomic E-state index is 13.9. The third-order valence-corrected chi connectivity index (χ3v) is 8.02. The van der Waals surface area contributed by atoms with Crippen LogP contribution in [0.25, 0.3) is 10.9 Å². The van der Waals surface area contributed by atoms with Gasteiger partial charge in [0.1, 0.15) is 12.1 Å². The molecular weight excluding hydrogens is 454 g/mol. The van der Waals surface area contributed by atoms with Crippen molar-refractivity contribution < 1.29 is 19.1 Å². The molecule has 8 heteroatoms. The van der Waals surface area contributed by atoms with Crippen LogP contribution in [0.1, 0.15) is 55.0 Å². The first-order chi connectivity index (χ1) is 16.6. The van der Waals surface area contributed by atoms with Crippen molar-refractivity contribution in [1.82, 2.24) is 14.8 Å². The highest BCUT2D eigenvalue weighted by atomic mass is 35.5. The molecule has 1 saturated carbocycles. The third-order valence-electron chi connectivity index (χ3n) is 7.79. The van der Waals surface area contributed by atoms with Gasteiger partial charge in [0.15, 0.2) is 11.5 Å². The maximum absolute atomic E-state index is 13.9. The van der Waals surface area contributed by atoms with Crippen LogP contribution in [-0.4, -0.2) is 45.6 Å². The number of nitrogens with zero attached hydrogens (tertiary/aromatic N) is 2. The number of benzene rings is 2. The summed E-state index contributed by atoms with van der Waals surface area (Å²) in [5, 5.41) is 1.65. The molecule has 3 amide bonds. The van der Waals surface area contributed by atoms with E-state index in [1.165, 1.54) is 0 Å². The number of ether oxygens (including phenoxy) is 2. The molecule has 1 aromatic heterocycles. The lowest BCUT2D eigenvalue weighted by molar-refractivity contribution is -0.130. The van der Waals surface area contributed by atoms with Crippen molar-refractivity contribution in [3.8, 4) is 11.5 Å². The van der Waals surface area contributed by atoms with Crippen LogP contribution in [0.5, 0.6) is 11.5 Å². The molecule has 7 nitrogen and oxygen atoms in total. The zero-order valence-electron chi connectivity index (χ0n) is 18.6. The molecular formula is C26H24ClN3O4. The van der Waals surface area contributed by atoms with Gasteiger partial charge in [-0.1, -0.05) is 36.9 Å². The number of halogens is 1. The SMILES string of the molecule is O=C1C2Cc3c([nH]c4ccc(Cl)cc34)C(c3ccc4c(c3)OCO4)N2C(=O)N1C1CCCCC1. The molecule has 174 valence electrons. The van der Waals surface area contributed by atoms with Crippen LogP contribution in [-0.2, 0) is 11.2 Å². The number of hydrogen-bond acceptors (Lipinski definition) is 4. The summed E-state index contributed by atoms with van der Waals surface area (Å²) in [5.74, 6) is 1.26. The van der Waals surface area contributed by atoms with Gasteiger partial charge in [0.25, 0.3) is 5.91 Å². The second-order valence-electron chi connectivity index (χ2n) is 9.63. The summed E-state index contributed by atoms with van der Waals surface area (Å²) in [7, 11) is 0. The first kappa shape index (κ1) is 20.2. The summed E-state index contributed by atoms with van der Waals surface area (Å²) in [6, 6.07) is 10.4. The van der Waals surface area contributed by atoms with Crippen LogP contribution in [0.2, 0.25) is 5.02 Å². The van der Waals surface area contributed by atoms with E-state index >= 15 is 0 Å². The summed E-state index contributed by atoms with van der Waals surface area (Å²) >= 11 is 6.34. The van der Waals surface area contributed by atoms with Gasteiger partial charge >= 0.3 is 6.03 Å². The van der Waals surface area contributed by atoms with Crippen molar-refractivity contribution >= 4 is 34.4 Å². The Morgan fingerprint density at radius 3 is 2.65 bits per heavy atom. The lowest BCUT2D eigenvalue weighted by Gasteiger charge is -2.36. The van der Waals surface area contributed by atoms with Gasteiger partial charge in [0.05, 0.1) is 0 Å². The summed E-state index contributed by atoms with van der Waals surface area (Å²) in [5.41, 5.74) is 3.82. The van der Waals surface area contributed by atoms with E-state index in [-0.39, 0.29) is 24.8 Å². The Morgan fingerprint density at radius 1 is 0.971 bits per heavy atom. The van der Waals surface area contributed by atoms with Crippen LogP contribution in [0.15, 0.2) is 36.4 Å². The average molecular weight is 478 g/mol. The molecule has 34 heavy (non-hydrogen) atoms. The lowest BCUT2D eigenvalue weighted by Crippen LogP contribution is -2.44. The van der Waals surface area contributed by atoms with Gasteiger partial charge < -0.3 is 14.5 Å². The molecule has 3 aromatic rings. The van der Waals surface area contributed by atoms with Gasteiger partial charge in [0.2, 0.25) is 6.79 Å². The van der Waals surface area contributed by atoms with E-state index < -0.39 is 12.1 Å². The fraction of sp³-hybridized carbons (Fsp3) is 0.385. The molecule has 2 unspecified atom stereocenters. The number of nitrogens with one attached hydrogen (secondary N) is 1. The molecule has 0 radical (unpaired) electrons. The summed E-state index contributed by atoms with van der Waals surface area (Å²) in [6.07, 6.45) is 5.52. The van der Waals surface area contributed by atoms with Crippen molar-refractivity contribution in [3.05, 3.63) is 58.2 Å². The Labute approximate surface area is 201 Å². The predicted octanol–water partition coefficient (Wildman–Crippen LogP) is 5.16. The average Bonchev–Trinajstić information content (AvgIpc) is 3.53. The highest BCUT2D eigenvalue weighted by Gasteiger charge is 2.54. The molecule has 2 aromatic carbocycles. The second-order valence-corrected chi connectivity index (χ2v) is 10.1. The van der Waals surface area contributed by atoms with E-state index in [1.807, 2.05) is 36.4 Å². The Bertz CT molecular complexity index is 1350. The largest absolute Gasteiger partial charge is 0.454 e. The number of imide groups is 1. The van der Waals surface area contributed by atoms with Crippen molar-refractivity contribution in [2.45, 2.75) is 56.7 Å². The van der Waals surface area contributed by atoms with Crippen LogP contribution >= 0.6 is 11.6 Å². The molecule has 2 atom stereocenters. The summed E-state index contributed by atoms with van der Waals surface area (Å²) < 4.78 is 11.1. The number of carbonyl (C=O) groups excluding carboxylic acids is 2. The quantitative estimate of drug-likeness (QED) is 0.517. The minimum Gasteiger partial charge on any atom is -0.454 e. The Balaban J connectivity index is 1.40. The van der Waals surface area contributed by atoms with Gasteiger partial charge in [-0.05, 0) is 54.3 Å². The third kappa shape index (κ3) is 2.83. The van der Waals surface area contributed by atoms with E-state index in [0.29, 0.717) is 22.9 Å². The number of fused-ring (bicyclic) bond motifs is 5. The topological polar surface area (TPSA) is 74.9 Å².